The topological polar surface area (TPSA) is 78.4 Å². The van der Waals surface area contributed by atoms with Crippen LogP contribution in [0, 0.1) is 13.8 Å². The molecule has 0 bridgehead atoms. The van der Waals surface area contributed by atoms with Gasteiger partial charge in [-0.15, -0.1) is 11.3 Å². The molecule has 6 nitrogen and oxygen atoms in total. The summed E-state index contributed by atoms with van der Waals surface area (Å²) in [5.41, 5.74) is 2.76. The van der Waals surface area contributed by atoms with Crippen molar-refractivity contribution in [2.75, 3.05) is 7.05 Å². The van der Waals surface area contributed by atoms with E-state index in [1.54, 1.807) is 18.4 Å². The van der Waals surface area contributed by atoms with Crippen LogP contribution in [-0.4, -0.2) is 29.9 Å². The minimum absolute atomic E-state index is 0.0373. The van der Waals surface area contributed by atoms with E-state index in [-0.39, 0.29) is 11.9 Å². The molecule has 2 aromatic rings. The fourth-order valence-corrected chi connectivity index (χ4v) is 3.42. The monoisotopic (exact) mass is 387 g/mol. The van der Waals surface area contributed by atoms with Crippen LogP contribution in [-0.2, 0) is 13.1 Å². The second-order valence-electron chi connectivity index (χ2n) is 6.50. The molecule has 1 heterocycles. The molecule has 1 aromatic heterocycles. The summed E-state index contributed by atoms with van der Waals surface area (Å²) in [7, 11) is 1.75. The van der Waals surface area contributed by atoms with Crippen LogP contribution in [0.25, 0.3) is 0 Å². The highest BCUT2D eigenvalue weighted by atomic mass is 32.1. The molecule has 0 spiro atoms. The minimum Gasteiger partial charge on any atom is -0.352 e. The van der Waals surface area contributed by atoms with Crippen molar-refractivity contribution < 1.29 is 4.79 Å². The van der Waals surface area contributed by atoms with Crippen molar-refractivity contribution in [3.8, 4) is 0 Å². The van der Waals surface area contributed by atoms with Crippen molar-refractivity contribution in [2.45, 2.75) is 53.2 Å². The number of aromatic nitrogens is 1. The third-order valence-electron chi connectivity index (χ3n) is 4.28. The largest absolute Gasteiger partial charge is 0.352 e. The summed E-state index contributed by atoms with van der Waals surface area (Å²) in [5, 5.41) is 10.7. The molecule has 1 atom stereocenters. The number of amides is 1. The van der Waals surface area contributed by atoms with Crippen molar-refractivity contribution >= 4 is 23.2 Å². The van der Waals surface area contributed by atoms with Gasteiger partial charge < -0.3 is 16.0 Å². The number of carbonyl (C=O) groups is 1. The minimum atomic E-state index is -0.0373. The van der Waals surface area contributed by atoms with Crippen LogP contribution in [0.5, 0.6) is 0 Å². The molecule has 0 fully saturated rings. The number of carbonyl (C=O) groups excluding carboxylic acids is 1. The van der Waals surface area contributed by atoms with Crippen LogP contribution < -0.4 is 16.0 Å². The first-order valence-electron chi connectivity index (χ1n) is 9.20. The number of rotatable bonds is 7. The van der Waals surface area contributed by atoms with E-state index in [1.807, 2.05) is 45.0 Å². The quantitative estimate of drug-likeness (QED) is 0.504. The summed E-state index contributed by atoms with van der Waals surface area (Å²) in [6, 6.07) is 7.82. The highest BCUT2D eigenvalue weighted by Crippen LogP contribution is 2.16. The van der Waals surface area contributed by atoms with E-state index >= 15 is 0 Å². The van der Waals surface area contributed by atoms with E-state index in [4.69, 9.17) is 0 Å². The highest BCUT2D eigenvalue weighted by Gasteiger charge is 2.09. The van der Waals surface area contributed by atoms with Gasteiger partial charge in [-0.25, -0.2) is 4.98 Å². The summed E-state index contributed by atoms with van der Waals surface area (Å²) >= 11 is 1.69. The van der Waals surface area contributed by atoms with Gasteiger partial charge in [0.05, 0.1) is 17.2 Å². The molecular formula is C20H29N5OS. The van der Waals surface area contributed by atoms with Crippen molar-refractivity contribution in [3.63, 3.8) is 0 Å². The number of guanidine groups is 1. The molecule has 1 amide bonds. The summed E-state index contributed by atoms with van der Waals surface area (Å²) in [5.74, 6) is 0.680. The summed E-state index contributed by atoms with van der Waals surface area (Å²) < 4.78 is 0. The molecule has 0 aliphatic heterocycles. The molecule has 1 aromatic carbocycles. The van der Waals surface area contributed by atoms with E-state index in [9.17, 15) is 4.79 Å². The number of hydrogen-bond acceptors (Lipinski definition) is 4. The second-order valence-corrected chi connectivity index (χ2v) is 7.79. The van der Waals surface area contributed by atoms with E-state index in [0.717, 1.165) is 28.6 Å². The smallest absolute Gasteiger partial charge is 0.251 e. The first-order valence-corrected chi connectivity index (χ1v) is 10.0. The predicted molar refractivity (Wildman–Crippen MR) is 112 cm³/mol. The fourth-order valence-electron chi connectivity index (χ4n) is 2.54. The third-order valence-corrected chi connectivity index (χ3v) is 5.35. The normalized spacial score (nSPS) is 12.6. The number of benzene rings is 1. The van der Waals surface area contributed by atoms with Crippen LogP contribution in [0.1, 0.15) is 51.8 Å². The third kappa shape index (κ3) is 6.36. The van der Waals surface area contributed by atoms with Crippen molar-refractivity contribution in [1.29, 1.82) is 0 Å². The molecular weight excluding hydrogens is 358 g/mol. The van der Waals surface area contributed by atoms with Crippen molar-refractivity contribution in [2.24, 2.45) is 4.99 Å². The molecule has 2 rings (SSSR count). The number of nitrogens with zero attached hydrogens (tertiary/aromatic N) is 2. The van der Waals surface area contributed by atoms with Crippen LogP contribution in [0.15, 0.2) is 29.3 Å². The molecule has 0 saturated heterocycles. The average molecular weight is 388 g/mol. The SMILES string of the molecule is CCC(C)NC(=O)c1cccc(CNC(=NC)NCc2sc(C)nc2C)c1. The summed E-state index contributed by atoms with van der Waals surface area (Å²) in [6.45, 7) is 9.37. The highest BCUT2D eigenvalue weighted by molar-refractivity contribution is 7.11. The number of aliphatic imine (C=N–C) groups is 1. The Morgan fingerprint density at radius 3 is 2.63 bits per heavy atom. The maximum absolute atomic E-state index is 12.3. The Kier molecular flexibility index (Phi) is 7.79. The number of hydrogen-bond donors (Lipinski definition) is 3. The van der Waals surface area contributed by atoms with E-state index in [2.05, 4.69) is 32.9 Å². The molecule has 0 radical (unpaired) electrons. The Hall–Kier alpha value is -2.41. The second kappa shape index (κ2) is 10.1. The molecule has 146 valence electrons. The Balaban J connectivity index is 1.91. The predicted octanol–water partition coefficient (Wildman–Crippen LogP) is 3.15. The van der Waals surface area contributed by atoms with Gasteiger partial charge in [0.1, 0.15) is 0 Å². The van der Waals surface area contributed by atoms with E-state index < -0.39 is 0 Å². The molecule has 7 heteroatoms. The van der Waals surface area contributed by atoms with Crippen LogP contribution >= 0.6 is 11.3 Å². The number of aryl methyl sites for hydroxylation is 2. The van der Waals surface area contributed by atoms with Crippen molar-refractivity contribution in [3.05, 3.63) is 51.0 Å². The average Bonchev–Trinajstić information content (AvgIpc) is 2.99. The van der Waals surface area contributed by atoms with Gasteiger partial charge in [-0.3, -0.25) is 9.79 Å². The van der Waals surface area contributed by atoms with Gasteiger partial charge in [0.25, 0.3) is 5.91 Å². The molecule has 0 aliphatic carbocycles. The van der Waals surface area contributed by atoms with Gasteiger partial charge >= 0.3 is 0 Å². The zero-order chi connectivity index (χ0) is 19.8. The lowest BCUT2D eigenvalue weighted by Crippen LogP contribution is -2.36. The van der Waals surface area contributed by atoms with Crippen LogP contribution in [0.3, 0.4) is 0 Å². The van der Waals surface area contributed by atoms with Gasteiger partial charge in [0, 0.05) is 30.1 Å². The van der Waals surface area contributed by atoms with Gasteiger partial charge in [0.2, 0.25) is 0 Å². The summed E-state index contributed by atoms with van der Waals surface area (Å²) in [4.78, 5) is 22.2. The molecule has 27 heavy (non-hydrogen) atoms. The molecule has 0 aliphatic rings. The maximum atomic E-state index is 12.3. The number of nitrogens with one attached hydrogen (secondary N) is 3. The van der Waals surface area contributed by atoms with Crippen molar-refractivity contribution in [1.82, 2.24) is 20.9 Å². The Morgan fingerprint density at radius 1 is 1.26 bits per heavy atom. The van der Waals surface area contributed by atoms with Crippen LogP contribution in [0.4, 0.5) is 0 Å². The van der Waals surface area contributed by atoms with Gasteiger partial charge in [-0.2, -0.15) is 0 Å². The lowest BCUT2D eigenvalue weighted by Gasteiger charge is -2.13. The first kappa shape index (κ1) is 20.9. The zero-order valence-corrected chi connectivity index (χ0v) is 17.5. The van der Waals surface area contributed by atoms with Gasteiger partial charge in [-0.05, 0) is 44.9 Å². The number of thiazole rings is 1. The lowest BCUT2D eigenvalue weighted by molar-refractivity contribution is 0.0939. The molecule has 3 N–H and O–H groups in total. The Labute approximate surface area is 165 Å². The molecule has 1 unspecified atom stereocenters. The zero-order valence-electron chi connectivity index (χ0n) is 16.7. The first-order chi connectivity index (χ1) is 12.9. The standard InChI is InChI=1S/C20H29N5OS/c1-6-13(2)24-19(26)17-9-7-8-16(10-17)11-22-20(21-5)23-12-18-14(3)25-15(4)27-18/h7-10,13H,6,11-12H2,1-5H3,(H,24,26)(H2,21,22,23). The van der Waals surface area contributed by atoms with E-state index in [0.29, 0.717) is 18.7 Å². The Morgan fingerprint density at radius 2 is 2.00 bits per heavy atom. The lowest BCUT2D eigenvalue weighted by atomic mass is 10.1. The summed E-state index contributed by atoms with van der Waals surface area (Å²) in [6.07, 6.45) is 0.910. The maximum Gasteiger partial charge on any atom is 0.251 e. The Bertz CT molecular complexity index is 799. The fraction of sp³-hybridized carbons (Fsp3) is 0.450. The van der Waals surface area contributed by atoms with Gasteiger partial charge in [-0.1, -0.05) is 19.1 Å². The van der Waals surface area contributed by atoms with Gasteiger partial charge in [0.15, 0.2) is 5.96 Å². The van der Waals surface area contributed by atoms with Crippen LogP contribution in [0.2, 0.25) is 0 Å². The molecule has 0 saturated carbocycles. The van der Waals surface area contributed by atoms with E-state index in [1.165, 1.54) is 4.88 Å².